The van der Waals surface area contributed by atoms with Gasteiger partial charge in [0, 0.05) is 5.41 Å². The van der Waals surface area contributed by atoms with Crippen molar-refractivity contribution in [1.29, 1.82) is 0 Å². The smallest absolute Gasteiger partial charge is 0.161 e. The molecule has 0 aromatic carbocycles. The van der Waals surface area contributed by atoms with Crippen LogP contribution in [0.25, 0.3) is 0 Å². The number of anilines is 1. The Balaban J connectivity index is 3.13. The zero-order valence-electron chi connectivity index (χ0n) is 6.81. The third-order valence-electron chi connectivity index (χ3n) is 1.34. The normalized spacial score (nSPS) is 12.0. The van der Waals surface area contributed by atoms with E-state index >= 15 is 0 Å². The number of aromatic nitrogens is 1. The Kier molecular flexibility index (Phi) is 2.25. The van der Waals surface area contributed by atoms with Crippen LogP contribution in [-0.2, 0) is 5.41 Å². The summed E-state index contributed by atoms with van der Waals surface area (Å²) in [4.78, 5) is 4.29. The lowest BCUT2D eigenvalue weighted by Gasteiger charge is -2.15. The van der Waals surface area contributed by atoms with Crippen molar-refractivity contribution in [2.75, 3.05) is 5.73 Å². The van der Waals surface area contributed by atoms with E-state index in [2.05, 4.69) is 41.7 Å². The molecule has 4 heteroatoms. The molecule has 62 valence electrons. The maximum absolute atomic E-state index is 5.75. The number of hydrogen-bond acceptors (Lipinski definition) is 3. The second-order valence-electron chi connectivity index (χ2n) is 3.43. The van der Waals surface area contributed by atoms with Gasteiger partial charge < -0.3 is 5.73 Å². The number of rotatable bonds is 0. The van der Waals surface area contributed by atoms with E-state index in [1.165, 1.54) is 11.3 Å². The van der Waals surface area contributed by atoms with E-state index in [0.29, 0.717) is 0 Å². The van der Waals surface area contributed by atoms with Crippen molar-refractivity contribution >= 4 is 32.3 Å². The molecule has 0 fully saturated rings. The predicted octanol–water partition coefficient (Wildman–Crippen LogP) is 2.79. The molecule has 1 aromatic heterocycles. The molecule has 0 unspecified atom stereocenters. The molecule has 1 heterocycles. The van der Waals surface area contributed by atoms with E-state index in [4.69, 9.17) is 5.73 Å². The fourth-order valence-corrected chi connectivity index (χ4v) is 2.31. The first-order valence-electron chi connectivity index (χ1n) is 3.33. The summed E-state index contributed by atoms with van der Waals surface area (Å²) in [7, 11) is 0. The Morgan fingerprint density at radius 1 is 1.45 bits per heavy atom. The average molecular weight is 235 g/mol. The minimum Gasteiger partial charge on any atom is -0.389 e. The summed E-state index contributed by atoms with van der Waals surface area (Å²) in [5.74, 6) is 0. The monoisotopic (exact) mass is 234 g/mol. The molecule has 0 saturated heterocycles. The molecule has 2 nitrogen and oxygen atoms in total. The molecule has 1 aromatic rings. The van der Waals surface area contributed by atoms with Gasteiger partial charge in [0.25, 0.3) is 0 Å². The second-order valence-corrected chi connectivity index (χ2v) is 5.74. The topological polar surface area (TPSA) is 38.9 Å². The lowest BCUT2D eigenvalue weighted by Crippen LogP contribution is -2.13. The summed E-state index contributed by atoms with van der Waals surface area (Å²) in [6.07, 6.45) is 0. The van der Waals surface area contributed by atoms with Gasteiger partial charge in [-0.2, -0.15) is 0 Å². The Bertz CT molecular complexity index is 262. The number of nitrogens with zero attached hydrogens (tertiary/aromatic N) is 1. The first-order chi connectivity index (χ1) is 4.91. The zero-order valence-corrected chi connectivity index (χ0v) is 9.21. The predicted molar refractivity (Wildman–Crippen MR) is 52.9 cm³/mol. The number of nitrogens with two attached hydrogens (primary N) is 1. The standard InChI is InChI=1S/C7H11BrN2S/c1-7(2,3)4-5(9)11-6(8)10-4/h9H2,1-3H3. The van der Waals surface area contributed by atoms with Crippen LogP contribution in [0.4, 0.5) is 5.00 Å². The fraction of sp³-hybridized carbons (Fsp3) is 0.571. The molecular formula is C7H11BrN2S. The van der Waals surface area contributed by atoms with Crippen molar-refractivity contribution in [1.82, 2.24) is 4.98 Å². The van der Waals surface area contributed by atoms with E-state index in [1.54, 1.807) is 0 Å². The van der Waals surface area contributed by atoms with Crippen LogP contribution in [0.15, 0.2) is 3.92 Å². The van der Waals surface area contributed by atoms with Crippen LogP contribution in [0.3, 0.4) is 0 Å². The third-order valence-corrected chi connectivity index (χ3v) is 2.67. The highest BCUT2D eigenvalue weighted by atomic mass is 79.9. The number of thiazole rings is 1. The first kappa shape index (κ1) is 9.00. The summed E-state index contributed by atoms with van der Waals surface area (Å²) in [6.45, 7) is 6.31. The van der Waals surface area contributed by atoms with Crippen LogP contribution >= 0.6 is 27.3 Å². The van der Waals surface area contributed by atoms with Gasteiger partial charge in [-0.15, -0.1) is 0 Å². The summed E-state index contributed by atoms with van der Waals surface area (Å²) < 4.78 is 0.861. The lowest BCUT2D eigenvalue weighted by atomic mass is 9.93. The molecule has 0 aliphatic heterocycles. The highest BCUT2D eigenvalue weighted by Gasteiger charge is 2.20. The van der Waals surface area contributed by atoms with Gasteiger partial charge >= 0.3 is 0 Å². The van der Waals surface area contributed by atoms with Gasteiger partial charge in [0.15, 0.2) is 3.92 Å². The van der Waals surface area contributed by atoms with Crippen LogP contribution < -0.4 is 5.73 Å². The minimum atomic E-state index is 0.0482. The summed E-state index contributed by atoms with van der Waals surface area (Å²) in [5, 5.41) is 0.810. The Morgan fingerprint density at radius 2 is 2.00 bits per heavy atom. The van der Waals surface area contributed by atoms with Gasteiger partial charge in [0.1, 0.15) is 5.00 Å². The van der Waals surface area contributed by atoms with Crippen molar-refractivity contribution in [2.45, 2.75) is 26.2 Å². The lowest BCUT2D eigenvalue weighted by molar-refractivity contribution is 0.574. The third kappa shape index (κ3) is 1.93. The minimum absolute atomic E-state index is 0.0482. The van der Waals surface area contributed by atoms with Crippen molar-refractivity contribution in [2.24, 2.45) is 0 Å². The molecule has 0 bridgehead atoms. The van der Waals surface area contributed by atoms with E-state index in [1.807, 2.05) is 0 Å². The first-order valence-corrected chi connectivity index (χ1v) is 4.94. The Morgan fingerprint density at radius 3 is 2.18 bits per heavy atom. The molecule has 2 N–H and O–H groups in total. The van der Waals surface area contributed by atoms with Gasteiger partial charge in [-0.05, 0) is 15.9 Å². The molecular weight excluding hydrogens is 224 g/mol. The van der Waals surface area contributed by atoms with Crippen LogP contribution in [0.2, 0.25) is 0 Å². The highest BCUT2D eigenvalue weighted by Crippen LogP contribution is 2.33. The Labute approximate surface area is 79.0 Å². The van der Waals surface area contributed by atoms with E-state index in [-0.39, 0.29) is 5.41 Å². The Hall–Kier alpha value is -0.0900. The average Bonchev–Trinajstić information content (AvgIpc) is 2.08. The van der Waals surface area contributed by atoms with Crippen LogP contribution in [0.1, 0.15) is 26.5 Å². The SMILES string of the molecule is CC(C)(C)c1nc(Br)sc1N. The second kappa shape index (κ2) is 2.75. The van der Waals surface area contributed by atoms with Crippen molar-refractivity contribution < 1.29 is 0 Å². The highest BCUT2D eigenvalue weighted by molar-refractivity contribution is 9.11. The molecule has 0 aliphatic rings. The number of hydrogen-bond donors (Lipinski definition) is 1. The van der Waals surface area contributed by atoms with Crippen molar-refractivity contribution in [3.63, 3.8) is 0 Å². The maximum atomic E-state index is 5.75. The van der Waals surface area contributed by atoms with E-state index < -0.39 is 0 Å². The molecule has 0 radical (unpaired) electrons. The largest absolute Gasteiger partial charge is 0.389 e. The van der Waals surface area contributed by atoms with Gasteiger partial charge in [-0.3, -0.25) is 0 Å². The zero-order chi connectivity index (χ0) is 8.65. The fourth-order valence-electron chi connectivity index (χ4n) is 0.842. The van der Waals surface area contributed by atoms with Crippen LogP contribution in [0.5, 0.6) is 0 Å². The molecule has 0 saturated carbocycles. The van der Waals surface area contributed by atoms with Crippen LogP contribution in [-0.4, -0.2) is 4.98 Å². The molecule has 0 atom stereocenters. The van der Waals surface area contributed by atoms with Gasteiger partial charge in [-0.25, -0.2) is 4.98 Å². The van der Waals surface area contributed by atoms with Crippen molar-refractivity contribution in [3.05, 3.63) is 9.61 Å². The molecule has 0 amide bonds. The summed E-state index contributed by atoms with van der Waals surface area (Å²) >= 11 is 4.78. The summed E-state index contributed by atoms with van der Waals surface area (Å²) in [5.41, 5.74) is 6.78. The van der Waals surface area contributed by atoms with E-state index in [9.17, 15) is 0 Å². The molecule has 11 heavy (non-hydrogen) atoms. The molecule has 0 spiro atoms. The number of nitrogen functional groups attached to an aromatic ring is 1. The molecule has 0 aliphatic carbocycles. The van der Waals surface area contributed by atoms with Gasteiger partial charge in [0.2, 0.25) is 0 Å². The quantitative estimate of drug-likeness (QED) is 0.750. The van der Waals surface area contributed by atoms with Crippen molar-refractivity contribution in [3.8, 4) is 0 Å². The van der Waals surface area contributed by atoms with Gasteiger partial charge in [-0.1, -0.05) is 32.1 Å². The van der Waals surface area contributed by atoms with E-state index in [0.717, 1.165) is 14.6 Å². The summed E-state index contributed by atoms with van der Waals surface area (Å²) in [6, 6.07) is 0. The van der Waals surface area contributed by atoms with Gasteiger partial charge in [0.05, 0.1) is 5.69 Å². The molecule has 1 rings (SSSR count). The maximum Gasteiger partial charge on any atom is 0.161 e. The van der Waals surface area contributed by atoms with Crippen LogP contribution in [0, 0.1) is 0 Å². The number of halogens is 1.